The molecule has 0 saturated heterocycles. The molecule has 0 radical (unpaired) electrons. The van der Waals surface area contributed by atoms with E-state index < -0.39 is 0 Å². The number of hydrogen-bond acceptors (Lipinski definition) is 3. The Morgan fingerprint density at radius 1 is 1.29 bits per heavy atom. The lowest BCUT2D eigenvalue weighted by atomic mass is 10.1. The van der Waals surface area contributed by atoms with Crippen LogP contribution in [0.25, 0.3) is 0 Å². The van der Waals surface area contributed by atoms with Crippen LogP contribution in [0.4, 0.5) is 0 Å². The number of aromatic nitrogens is 2. The first-order valence-electron chi connectivity index (χ1n) is 8.23. The van der Waals surface area contributed by atoms with Crippen molar-refractivity contribution < 1.29 is 4.79 Å². The van der Waals surface area contributed by atoms with E-state index in [0.29, 0.717) is 12.1 Å². The van der Waals surface area contributed by atoms with Gasteiger partial charge in [0.15, 0.2) is 0 Å². The molecule has 2 heterocycles. The van der Waals surface area contributed by atoms with Crippen LogP contribution in [0.5, 0.6) is 0 Å². The molecule has 2 N–H and O–H groups in total. The van der Waals surface area contributed by atoms with E-state index in [1.807, 2.05) is 18.5 Å². The van der Waals surface area contributed by atoms with Crippen LogP contribution >= 0.6 is 12.4 Å². The van der Waals surface area contributed by atoms with Crippen LogP contribution in [0.15, 0.2) is 18.2 Å². The SMILES string of the molecule is CCCn1nc(C)c(C(=O)NCc2ccc3c(c2)CNC3)c1C.Cl. The van der Waals surface area contributed by atoms with E-state index in [1.54, 1.807) is 0 Å². The average Bonchev–Trinajstić information content (AvgIpc) is 3.10. The van der Waals surface area contributed by atoms with Crippen LogP contribution in [0, 0.1) is 13.8 Å². The zero-order valence-corrected chi connectivity index (χ0v) is 15.3. The Morgan fingerprint density at radius 2 is 2.04 bits per heavy atom. The molecule has 0 aliphatic carbocycles. The molecule has 0 bridgehead atoms. The molecule has 130 valence electrons. The van der Waals surface area contributed by atoms with E-state index in [-0.39, 0.29) is 18.3 Å². The molecule has 3 rings (SSSR count). The number of benzene rings is 1. The molecule has 0 spiro atoms. The van der Waals surface area contributed by atoms with E-state index >= 15 is 0 Å². The molecule has 2 aromatic rings. The summed E-state index contributed by atoms with van der Waals surface area (Å²) in [6, 6.07) is 6.41. The second kappa shape index (κ2) is 7.81. The Morgan fingerprint density at radius 3 is 2.79 bits per heavy atom. The van der Waals surface area contributed by atoms with Gasteiger partial charge in [-0.25, -0.2) is 0 Å². The lowest BCUT2D eigenvalue weighted by molar-refractivity contribution is 0.0949. The zero-order chi connectivity index (χ0) is 16.4. The summed E-state index contributed by atoms with van der Waals surface area (Å²) in [5.74, 6) is -0.0408. The van der Waals surface area contributed by atoms with Crippen molar-refractivity contribution in [1.82, 2.24) is 20.4 Å². The smallest absolute Gasteiger partial charge is 0.255 e. The highest BCUT2D eigenvalue weighted by molar-refractivity contribution is 5.96. The summed E-state index contributed by atoms with van der Waals surface area (Å²) >= 11 is 0. The quantitative estimate of drug-likeness (QED) is 0.873. The zero-order valence-electron chi connectivity index (χ0n) is 14.5. The fourth-order valence-corrected chi connectivity index (χ4v) is 3.18. The second-order valence-electron chi connectivity index (χ2n) is 6.16. The maximum atomic E-state index is 12.5. The largest absolute Gasteiger partial charge is 0.348 e. The third kappa shape index (κ3) is 3.62. The van der Waals surface area contributed by atoms with E-state index in [0.717, 1.165) is 43.0 Å². The predicted molar refractivity (Wildman–Crippen MR) is 97.4 cm³/mol. The molecule has 1 aromatic heterocycles. The summed E-state index contributed by atoms with van der Waals surface area (Å²) in [4.78, 5) is 12.5. The molecule has 1 aliphatic rings. The molecule has 6 heteroatoms. The lowest BCUT2D eigenvalue weighted by Crippen LogP contribution is -2.24. The number of rotatable bonds is 5. The number of nitrogens with one attached hydrogen (secondary N) is 2. The van der Waals surface area contributed by atoms with Crippen molar-refractivity contribution in [3.63, 3.8) is 0 Å². The van der Waals surface area contributed by atoms with E-state index in [1.165, 1.54) is 11.1 Å². The number of halogens is 1. The Balaban J connectivity index is 0.00000208. The van der Waals surface area contributed by atoms with Gasteiger partial charge in [0.1, 0.15) is 0 Å². The Hall–Kier alpha value is -1.85. The summed E-state index contributed by atoms with van der Waals surface area (Å²) in [5.41, 5.74) is 6.28. The third-order valence-corrected chi connectivity index (χ3v) is 4.40. The molecule has 0 unspecified atom stereocenters. The number of amides is 1. The minimum Gasteiger partial charge on any atom is -0.348 e. The maximum Gasteiger partial charge on any atom is 0.255 e. The van der Waals surface area contributed by atoms with Crippen molar-refractivity contribution >= 4 is 18.3 Å². The molecule has 0 atom stereocenters. The minimum atomic E-state index is -0.0408. The Kier molecular flexibility index (Phi) is 6.02. The van der Waals surface area contributed by atoms with Gasteiger partial charge in [-0.3, -0.25) is 9.48 Å². The van der Waals surface area contributed by atoms with Gasteiger partial charge in [-0.15, -0.1) is 12.4 Å². The highest BCUT2D eigenvalue weighted by Gasteiger charge is 2.18. The van der Waals surface area contributed by atoms with Crippen molar-refractivity contribution in [2.75, 3.05) is 0 Å². The second-order valence-corrected chi connectivity index (χ2v) is 6.16. The summed E-state index contributed by atoms with van der Waals surface area (Å²) < 4.78 is 1.92. The van der Waals surface area contributed by atoms with Gasteiger partial charge in [-0.05, 0) is 37.0 Å². The van der Waals surface area contributed by atoms with E-state index in [9.17, 15) is 4.79 Å². The molecule has 1 amide bonds. The van der Waals surface area contributed by atoms with Crippen LogP contribution in [0.1, 0.15) is 51.8 Å². The first kappa shape index (κ1) is 18.5. The highest BCUT2D eigenvalue weighted by atomic mass is 35.5. The molecular formula is C18H25ClN4O. The molecule has 1 aliphatic heterocycles. The van der Waals surface area contributed by atoms with Crippen LogP contribution < -0.4 is 10.6 Å². The van der Waals surface area contributed by atoms with Gasteiger partial charge in [0, 0.05) is 31.9 Å². The summed E-state index contributed by atoms with van der Waals surface area (Å²) in [5, 5.41) is 10.8. The van der Waals surface area contributed by atoms with Crippen molar-refractivity contribution in [2.45, 2.75) is 53.4 Å². The maximum absolute atomic E-state index is 12.5. The van der Waals surface area contributed by atoms with Crippen LogP contribution in [-0.4, -0.2) is 15.7 Å². The van der Waals surface area contributed by atoms with Gasteiger partial charge in [-0.1, -0.05) is 25.1 Å². The van der Waals surface area contributed by atoms with E-state index in [4.69, 9.17) is 0 Å². The summed E-state index contributed by atoms with van der Waals surface area (Å²) in [6.07, 6.45) is 1.01. The number of nitrogens with zero attached hydrogens (tertiary/aromatic N) is 2. The summed E-state index contributed by atoms with van der Waals surface area (Å²) in [7, 11) is 0. The first-order valence-corrected chi connectivity index (χ1v) is 8.23. The Bertz CT molecular complexity index is 739. The molecule has 0 saturated carbocycles. The topological polar surface area (TPSA) is 59.0 Å². The van der Waals surface area contributed by atoms with Crippen molar-refractivity contribution in [1.29, 1.82) is 0 Å². The monoisotopic (exact) mass is 348 g/mol. The number of carbonyl (C=O) groups excluding carboxylic acids is 1. The number of carbonyl (C=O) groups is 1. The van der Waals surface area contributed by atoms with Gasteiger partial charge < -0.3 is 10.6 Å². The van der Waals surface area contributed by atoms with Crippen LogP contribution in [0.2, 0.25) is 0 Å². The number of hydrogen-bond donors (Lipinski definition) is 2. The normalized spacial score (nSPS) is 12.6. The van der Waals surface area contributed by atoms with Gasteiger partial charge in [0.25, 0.3) is 5.91 Å². The van der Waals surface area contributed by atoms with Crippen LogP contribution in [-0.2, 0) is 26.2 Å². The van der Waals surface area contributed by atoms with Gasteiger partial charge >= 0.3 is 0 Å². The predicted octanol–water partition coefficient (Wildman–Crippen LogP) is 2.86. The molecule has 5 nitrogen and oxygen atoms in total. The minimum absolute atomic E-state index is 0. The van der Waals surface area contributed by atoms with Crippen LogP contribution in [0.3, 0.4) is 0 Å². The molecule has 0 fully saturated rings. The number of fused-ring (bicyclic) bond motifs is 1. The fraction of sp³-hybridized carbons (Fsp3) is 0.444. The first-order chi connectivity index (χ1) is 11.1. The number of aryl methyl sites for hydroxylation is 2. The fourth-order valence-electron chi connectivity index (χ4n) is 3.18. The molecular weight excluding hydrogens is 324 g/mol. The summed E-state index contributed by atoms with van der Waals surface area (Å²) in [6.45, 7) is 9.22. The van der Waals surface area contributed by atoms with Crippen molar-refractivity contribution in [3.8, 4) is 0 Å². The highest BCUT2D eigenvalue weighted by Crippen LogP contribution is 2.18. The third-order valence-electron chi connectivity index (χ3n) is 4.40. The van der Waals surface area contributed by atoms with E-state index in [2.05, 4.69) is 40.9 Å². The lowest BCUT2D eigenvalue weighted by Gasteiger charge is -2.08. The van der Waals surface area contributed by atoms with Gasteiger partial charge in [-0.2, -0.15) is 5.10 Å². The van der Waals surface area contributed by atoms with Crippen molar-refractivity contribution in [3.05, 3.63) is 51.8 Å². The Labute approximate surface area is 149 Å². The molecule has 24 heavy (non-hydrogen) atoms. The standard InChI is InChI=1S/C18H24N4O.ClH/c1-4-7-22-13(3)17(12(2)21-22)18(23)20-9-14-5-6-15-10-19-11-16(15)8-14;/h5-6,8,19H,4,7,9-11H2,1-3H3,(H,20,23);1H. The van der Waals surface area contributed by atoms with Gasteiger partial charge in [0.05, 0.1) is 11.3 Å². The van der Waals surface area contributed by atoms with Crippen molar-refractivity contribution in [2.24, 2.45) is 0 Å². The average molecular weight is 349 g/mol. The molecule has 1 aromatic carbocycles. The van der Waals surface area contributed by atoms with Gasteiger partial charge in [0.2, 0.25) is 0 Å².